The quantitative estimate of drug-likeness (QED) is 0.577. The summed E-state index contributed by atoms with van der Waals surface area (Å²) in [6.45, 7) is 3.52. The van der Waals surface area contributed by atoms with E-state index in [1.165, 1.54) is 7.11 Å². The van der Waals surface area contributed by atoms with E-state index in [0.29, 0.717) is 12.8 Å². The van der Waals surface area contributed by atoms with E-state index in [0.717, 1.165) is 0 Å². The zero-order chi connectivity index (χ0) is 12.9. The Bertz CT molecular complexity index is 285. The molecule has 0 saturated carbocycles. The molecule has 0 amide bonds. The van der Waals surface area contributed by atoms with Gasteiger partial charge in [-0.05, 0) is 20.3 Å². The van der Waals surface area contributed by atoms with E-state index in [4.69, 9.17) is 14.6 Å². The van der Waals surface area contributed by atoms with Crippen molar-refractivity contribution in [3.8, 4) is 0 Å². The second-order valence-corrected chi connectivity index (χ2v) is 4.36. The van der Waals surface area contributed by atoms with E-state index in [9.17, 15) is 4.79 Å². The monoisotopic (exact) mass is 244 g/mol. The van der Waals surface area contributed by atoms with E-state index in [1.807, 2.05) is 12.2 Å². The fourth-order valence-electron chi connectivity index (χ4n) is 1.70. The average molecular weight is 244 g/mol. The fourth-order valence-corrected chi connectivity index (χ4v) is 1.70. The molecule has 5 heteroatoms. The second-order valence-electron chi connectivity index (χ2n) is 4.36. The smallest absolute Gasteiger partial charge is 0.305 e. The topological polar surface area (TPSA) is 65.0 Å². The Hall–Kier alpha value is -0.910. The number of carbonyl (C=O) groups excluding carboxylic acids is 1. The molecular formula is C12H20O5. The van der Waals surface area contributed by atoms with Crippen molar-refractivity contribution in [3.63, 3.8) is 0 Å². The summed E-state index contributed by atoms with van der Waals surface area (Å²) < 4.78 is 15.6. The highest BCUT2D eigenvalue weighted by atomic mass is 16.8. The van der Waals surface area contributed by atoms with Crippen LogP contribution in [0.25, 0.3) is 0 Å². The maximum Gasteiger partial charge on any atom is 0.305 e. The predicted molar refractivity (Wildman–Crippen MR) is 61.3 cm³/mol. The third-order valence-electron chi connectivity index (χ3n) is 2.47. The highest BCUT2D eigenvalue weighted by Crippen LogP contribution is 2.28. The number of hydrogen-bond acceptors (Lipinski definition) is 5. The van der Waals surface area contributed by atoms with Crippen LogP contribution >= 0.6 is 0 Å². The third-order valence-corrected chi connectivity index (χ3v) is 2.47. The van der Waals surface area contributed by atoms with E-state index in [1.54, 1.807) is 13.8 Å². The van der Waals surface area contributed by atoms with Crippen LogP contribution in [0.5, 0.6) is 0 Å². The highest BCUT2D eigenvalue weighted by molar-refractivity contribution is 5.69. The van der Waals surface area contributed by atoms with E-state index < -0.39 is 5.79 Å². The molecule has 0 bridgehead atoms. The van der Waals surface area contributed by atoms with Crippen LogP contribution in [0.2, 0.25) is 0 Å². The van der Waals surface area contributed by atoms with Crippen LogP contribution in [-0.2, 0) is 19.0 Å². The first-order valence-electron chi connectivity index (χ1n) is 5.68. The number of esters is 1. The molecule has 1 heterocycles. The third kappa shape index (κ3) is 4.46. The molecular weight excluding hydrogens is 224 g/mol. The van der Waals surface area contributed by atoms with Gasteiger partial charge < -0.3 is 19.3 Å². The van der Waals surface area contributed by atoms with Crippen molar-refractivity contribution in [2.24, 2.45) is 0 Å². The Balaban J connectivity index is 2.39. The Morgan fingerprint density at radius 3 is 2.76 bits per heavy atom. The molecule has 0 radical (unpaired) electrons. The van der Waals surface area contributed by atoms with Gasteiger partial charge in [-0.3, -0.25) is 4.79 Å². The maximum absolute atomic E-state index is 10.9. The molecule has 1 saturated heterocycles. The average Bonchev–Trinajstić information content (AvgIpc) is 2.59. The molecule has 98 valence electrons. The van der Waals surface area contributed by atoms with Gasteiger partial charge in [0.2, 0.25) is 0 Å². The number of ether oxygens (including phenoxy) is 3. The lowest BCUT2D eigenvalue weighted by molar-refractivity contribution is -0.146. The summed E-state index contributed by atoms with van der Waals surface area (Å²) >= 11 is 0. The summed E-state index contributed by atoms with van der Waals surface area (Å²) in [5.74, 6) is -0.914. The molecule has 1 aliphatic rings. The maximum atomic E-state index is 10.9. The van der Waals surface area contributed by atoms with Crippen LogP contribution in [-0.4, -0.2) is 42.8 Å². The predicted octanol–water partition coefficient (Wildman–Crippen LogP) is 1.01. The van der Waals surface area contributed by atoms with Crippen molar-refractivity contribution < 1.29 is 24.1 Å². The largest absolute Gasteiger partial charge is 0.469 e. The molecule has 1 N–H and O–H groups in total. The molecule has 0 aromatic heterocycles. The molecule has 1 rings (SSSR count). The van der Waals surface area contributed by atoms with Gasteiger partial charge in [0.25, 0.3) is 0 Å². The number of methoxy groups -OCH3 is 1. The highest BCUT2D eigenvalue weighted by Gasteiger charge is 2.39. The Kier molecular flexibility index (Phi) is 5.11. The van der Waals surface area contributed by atoms with Gasteiger partial charge in [-0.15, -0.1) is 0 Å². The molecule has 2 atom stereocenters. The van der Waals surface area contributed by atoms with Crippen LogP contribution in [0, 0.1) is 0 Å². The number of allylic oxidation sites excluding steroid dienone is 1. The van der Waals surface area contributed by atoms with Crippen LogP contribution < -0.4 is 0 Å². The van der Waals surface area contributed by atoms with Crippen molar-refractivity contribution in [1.29, 1.82) is 0 Å². The van der Waals surface area contributed by atoms with Crippen LogP contribution in [0.4, 0.5) is 0 Å². The molecule has 0 aromatic rings. The van der Waals surface area contributed by atoms with E-state index in [-0.39, 0.29) is 24.8 Å². The first-order valence-corrected chi connectivity index (χ1v) is 5.68. The minimum atomic E-state index is -0.676. The van der Waals surface area contributed by atoms with Crippen molar-refractivity contribution in [2.75, 3.05) is 13.7 Å². The van der Waals surface area contributed by atoms with Gasteiger partial charge >= 0.3 is 5.97 Å². The summed E-state index contributed by atoms with van der Waals surface area (Å²) in [6.07, 6.45) is 3.97. The van der Waals surface area contributed by atoms with Gasteiger partial charge in [-0.2, -0.15) is 0 Å². The number of hydrogen-bond donors (Lipinski definition) is 1. The molecule has 1 aliphatic heterocycles. The van der Waals surface area contributed by atoms with Crippen molar-refractivity contribution in [1.82, 2.24) is 0 Å². The van der Waals surface area contributed by atoms with Gasteiger partial charge in [-0.1, -0.05) is 12.2 Å². The first-order chi connectivity index (χ1) is 7.98. The molecule has 0 unspecified atom stereocenters. The molecule has 0 spiro atoms. The Morgan fingerprint density at radius 2 is 2.18 bits per heavy atom. The lowest BCUT2D eigenvalue weighted by Crippen LogP contribution is -2.24. The normalized spacial score (nSPS) is 27.5. The standard InChI is InChI=1S/C12H20O5/c1-12(2)16-9(10(8-13)17-12)6-4-5-7-11(14)15-3/h4,6,9-10,13H,5,7-8H2,1-3H3/b6-4-/t9-,10+/m0/s1. The lowest BCUT2D eigenvalue weighted by Gasteiger charge is -2.15. The van der Waals surface area contributed by atoms with Gasteiger partial charge in [0.1, 0.15) is 12.2 Å². The number of rotatable bonds is 5. The van der Waals surface area contributed by atoms with Gasteiger partial charge in [0.15, 0.2) is 5.79 Å². The summed E-state index contributed by atoms with van der Waals surface area (Å²) in [5, 5.41) is 9.14. The molecule has 17 heavy (non-hydrogen) atoms. The Morgan fingerprint density at radius 1 is 1.47 bits per heavy atom. The van der Waals surface area contributed by atoms with Crippen LogP contribution in [0.3, 0.4) is 0 Å². The van der Waals surface area contributed by atoms with Crippen LogP contribution in [0.15, 0.2) is 12.2 Å². The Labute approximate surface area is 101 Å². The molecule has 0 aromatic carbocycles. The van der Waals surface area contributed by atoms with Crippen LogP contribution in [0.1, 0.15) is 26.7 Å². The fraction of sp³-hybridized carbons (Fsp3) is 0.750. The van der Waals surface area contributed by atoms with Crippen molar-refractivity contribution in [3.05, 3.63) is 12.2 Å². The molecule has 5 nitrogen and oxygen atoms in total. The first kappa shape index (κ1) is 14.2. The number of aliphatic hydroxyl groups excluding tert-OH is 1. The van der Waals surface area contributed by atoms with Crippen molar-refractivity contribution >= 4 is 5.97 Å². The van der Waals surface area contributed by atoms with E-state index >= 15 is 0 Å². The molecule has 1 fully saturated rings. The second kappa shape index (κ2) is 6.14. The van der Waals surface area contributed by atoms with Gasteiger partial charge in [-0.25, -0.2) is 0 Å². The SMILES string of the molecule is COC(=O)CC/C=C\[C@@H]1OC(C)(C)O[C@@H]1CO. The summed E-state index contributed by atoms with van der Waals surface area (Å²) in [4.78, 5) is 10.9. The lowest BCUT2D eigenvalue weighted by atomic mass is 10.2. The number of carbonyl (C=O) groups is 1. The van der Waals surface area contributed by atoms with Gasteiger partial charge in [0.05, 0.1) is 13.7 Å². The summed E-state index contributed by atoms with van der Waals surface area (Å²) in [6, 6.07) is 0. The summed E-state index contributed by atoms with van der Waals surface area (Å²) in [7, 11) is 1.37. The molecule has 0 aliphatic carbocycles. The minimum absolute atomic E-state index is 0.0879. The van der Waals surface area contributed by atoms with Crippen molar-refractivity contribution in [2.45, 2.75) is 44.7 Å². The minimum Gasteiger partial charge on any atom is -0.469 e. The zero-order valence-electron chi connectivity index (χ0n) is 10.5. The number of aliphatic hydroxyl groups is 1. The zero-order valence-corrected chi connectivity index (χ0v) is 10.5. The summed E-state index contributed by atoms with van der Waals surface area (Å²) in [5.41, 5.74) is 0. The van der Waals surface area contributed by atoms with E-state index in [2.05, 4.69) is 4.74 Å². The van der Waals surface area contributed by atoms with Gasteiger partial charge in [0, 0.05) is 6.42 Å².